The van der Waals surface area contributed by atoms with Crippen LogP contribution in [-0.2, 0) is 0 Å². The van der Waals surface area contributed by atoms with Crippen molar-refractivity contribution in [2.24, 2.45) is 0 Å². The lowest BCUT2D eigenvalue weighted by atomic mass is 9.85. The Morgan fingerprint density at radius 2 is 0.702 bits per heavy atom. The Balaban J connectivity index is 1.19. The van der Waals surface area contributed by atoms with Crippen LogP contribution in [0, 0.1) is 0 Å². The number of hydrogen-bond acceptors (Lipinski definition) is 0. The molecule has 10 rings (SSSR count). The lowest BCUT2D eigenvalue weighted by Gasteiger charge is -2.18. The minimum Gasteiger partial charge on any atom is -0.309 e. The highest BCUT2D eigenvalue weighted by atomic mass is 15.0. The van der Waals surface area contributed by atoms with Gasteiger partial charge in [-0.05, 0) is 95.7 Å². The Labute approximate surface area is 272 Å². The van der Waals surface area contributed by atoms with E-state index in [1.807, 2.05) is 0 Å². The van der Waals surface area contributed by atoms with Gasteiger partial charge in [0.1, 0.15) is 0 Å². The Bertz CT molecular complexity index is 2720. The summed E-state index contributed by atoms with van der Waals surface area (Å²) in [5.41, 5.74) is 8.65. The summed E-state index contributed by atoms with van der Waals surface area (Å²) in [6.45, 7) is 0. The largest absolute Gasteiger partial charge is 0.309 e. The molecule has 0 N–H and O–H groups in total. The minimum atomic E-state index is 1.17. The molecule has 1 heterocycles. The van der Waals surface area contributed by atoms with Crippen molar-refractivity contribution < 1.29 is 0 Å². The van der Waals surface area contributed by atoms with E-state index in [1.54, 1.807) is 0 Å². The molecule has 0 amide bonds. The molecule has 0 bridgehead atoms. The molecule has 0 saturated heterocycles. The summed E-state index contributed by atoms with van der Waals surface area (Å²) in [6.07, 6.45) is 0. The first-order valence-electron chi connectivity index (χ1n) is 16.3. The van der Waals surface area contributed by atoms with Gasteiger partial charge in [0.15, 0.2) is 0 Å². The fourth-order valence-electron chi connectivity index (χ4n) is 7.90. The summed E-state index contributed by atoms with van der Waals surface area (Å²) < 4.78 is 2.39. The quantitative estimate of drug-likeness (QED) is 0.141. The van der Waals surface area contributed by atoms with Crippen molar-refractivity contribution in [1.29, 1.82) is 0 Å². The second-order valence-electron chi connectivity index (χ2n) is 12.5. The molecule has 1 heteroatoms. The van der Waals surface area contributed by atoms with E-state index < -0.39 is 0 Å². The Morgan fingerprint density at radius 1 is 0.277 bits per heavy atom. The lowest BCUT2D eigenvalue weighted by molar-refractivity contribution is 1.18. The van der Waals surface area contributed by atoms with E-state index in [0.29, 0.717) is 0 Å². The highest BCUT2D eigenvalue weighted by molar-refractivity contribution is 6.22. The van der Waals surface area contributed by atoms with Gasteiger partial charge in [-0.3, -0.25) is 0 Å². The molecule has 0 fully saturated rings. The van der Waals surface area contributed by atoms with Crippen molar-refractivity contribution in [1.82, 2.24) is 4.57 Å². The van der Waals surface area contributed by atoms with Gasteiger partial charge in [-0.25, -0.2) is 0 Å². The van der Waals surface area contributed by atoms with Crippen LogP contribution in [0.25, 0.3) is 92.8 Å². The van der Waals surface area contributed by atoms with E-state index in [4.69, 9.17) is 0 Å². The standard InChI is InChI=1S/C46H29N/c1-2-12-35-30(11-1)21-22-32-29-33(25-28-36(32)35)46-41-17-5-3-15-39(41)45(40-16-4-6-18-42(40)46)31-23-26-34(27-24-31)47-43-19-9-7-13-37(43)38-14-8-10-20-44(38)47/h1-29H. The molecule has 0 aliphatic carbocycles. The van der Waals surface area contributed by atoms with Crippen LogP contribution in [0.3, 0.4) is 0 Å². The first kappa shape index (κ1) is 26.1. The average Bonchev–Trinajstić information content (AvgIpc) is 3.48. The molecular formula is C46H29N. The highest BCUT2D eigenvalue weighted by Gasteiger charge is 2.18. The second kappa shape index (κ2) is 10.2. The third kappa shape index (κ3) is 3.90. The molecule has 47 heavy (non-hydrogen) atoms. The van der Waals surface area contributed by atoms with Gasteiger partial charge in [0, 0.05) is 16.5 Å². The zero-order chi connectivity index (χ0) is 30.9. The molecule has 10 aromatic rings. The molecule has 0 unspecified atom stereocenters. The molecule has 1 nitrogen and oxygen atoms in total. The zero-order valence-corrected chi connectivity index (χ0v) is 25.7. The third-order valence-electron chi connectivity index (χ3n) is 9.96. The number of fused-ring (bicyclic) bond motifs is 8. The van der Waals surface area contributed by atoms with Crippen molar-refractivity contribution in [3.8, 4) is 27.9 Å². The molecule has 9 aromatic carbocycles. The molecule has 0 aliphatic heterocycles. The van der Waals surface area contributed by atoms with Crippen LogP contribution in [0.1, 0.15) is 0 Å². The molecular weight excluding hydrogens is 567 g/mol. The van der Waals surface area contributed by atoms with Crippen LogP contribution in [0.15, 0.2) is 176 Å². The van der Waals surface area contributed by atoms with Gasteiger partial charge in [-0.15, -0.1) is 0 Å². The monoisotopic (exact) mass is 595 g/mol. The van der Waals surface area contributed by atoms with Crippen molar-refractivity contribution >= 4 is 64.9 Å². The summed E-state index contributed by atoms with van der Waals surface area (Å²) in [5.74, 6) is 0. The fourth-order valence-corrected chi connectivity index (χ4v) is 7.90. The van der Waals surface area contributed by atoms with Gasteiger partial charge in [0.2, 0.25) is 0 Å². The molecule has 0 radical (unpaired) electrons. The Hall–Kier alpha value is -6.18. The van der Waals surface area contributed by atoms with Crippen molar-refractivity contribution in [3.05, 3.63) is 176 Å². The minimum absolute atomic E-state index is 1.17. The number of benzene rings is 9. The number of aromatic nitrogens is 1. The average molecular weight is 596 g/mol. The van der Waals surface area contributed by atoms with Gasteiger partial charge in [0.25, 0.3) is 0 Å². The maximum Gasteiger partial charge on any atom is 0.0541 e. The first-order chi connectivity index (χ1) is 23.3. The molecule has 0 saturated carbocycles. The Morgan fingerprint density at radius 3 is 1.30 bits per heavy atom. The van der Waals surface area contributed by atoms with Crippen molar-refractivity contribution in [2.75, 3.05) is 0 Å². The van der Waals surface area contributed by atoms with E-state index in [-0.39, 0.29) is 0 Å². The lowest BCUT2D eigenvalue weighted by Crippen LogP contribution is -1.94. The Kier molecular flexibility index (Phi) is 5.64. The second-order valence-corrected chi connectivity index (χ2v) is 12.5. The van der Waals surface area contributed by atoms with Crippen LogP contribution in [0.5, 0.6) is 0 Å². The van der Waals surface area contributed by atoms with Gasteiger partial charge in [-0.1, -0.05) is 146 Å². The van der Waals surface area contributed by atoms with Gasteiger partial charge in [0.05, 0.1) is 11.0 Å². The summed E-state index contributed by atoms with van der Waals surface area (Å²) in [7, 11) is 0. The molecule has 1 aromatic heterocycles. The molecule has 218 valence electrons. The summed E-state index contributed by atoms with van der Waals surface area (Å²) in [5, 5.41) is 12.8. The molecule has 0 aliphatic rings. The van der Waals surface area contributed by atoms with Crippen molar-refractivity contribution in [3.63, 3.8) is 0 Å². The number of rotatable bonds is 3. The smallest absolute Gasteiger partial charge is 0.0541 e. The van der Waals surface area contributed by atoms with E-state index in [0.717, 1.165) is 0 Å². The predicted molar refractivity (Wildman–Crippen MR) is 202 cm³/mol. The topological polar surface area (TPSA) is 4.93 Å². The van der Waals surface area contributed by atoms with E-state index in [2.05, 4.69) is 180 Å². The number of hydrogen-bond donors (Lipinski definition) is 0. The molecule has 0 spiro atoms. The SMILES string of the molecule is c1ccc2c(c1)ccc1cc(-c3c4ccccc4c(-c4ccc(-n5c6ccccc6c6ccccc65)cc4)c4ccccc34)ccc12. The number of para-hydroxylation sites is 2. The van der Waals surface area contributed by atoms with Crippen LogP contribution in [0.4, 0.5) is 0 Å². The highest BCUT2D eigenvalue weighted by Crippen LogP contribution is 2.44. The summed E-state index contributed by atoms with van der Waals surface area (Å²) in [4.78, 5) is 0. The third-order valence-corrected chi connectivity index (χ3v) is 9.96. The van der Waals surface area contributed by atoms with Gasteiger partial charge in [-0.2, -0.15) is 0 Å². The molecule has 0 atom stereocenters. The van der Waals surface area contributed by atoms with Crippen LogP contribution >= 0.6 is 0 Å². The normalized spacial score (nSPS) is 11.8. The summed E-state index contributed by atoms with van der Waals surface area (Å²) >= 11 is 0. The zero-order valence-electron chi connectivity index (χ0n) is 25.7. The van der Waals surface area contributed by atoms with E-state index in [9.17, 15) is 0 Å². The van der Waals surface area contributed by atoms with E-state index in [1.165, 1.54) is 92.8 Å². The van der Waals surface area contributed by atoms with Gasteiger partial charge >= 0.3 is 0 Å². The van der Waals surface area contributed by atoms with Crippen molar-refractivity contribution in [2.45, 2.75) is 0 Å². The van der Waals surface area contributed by atoms with Gasteiger partial charge < -0.3 is 4.57 Å². The maximum absolute atomic E-state index is 2.39. The van der Waals surface area contributed by atoms with E-state index >= 15 is 0 Å². The maximum atomic E-state index is 2.39. The first-order valence-corrected chi connectivity index (χ1v) is 16.3. The number of nitrogens with zero attached hydrogens (tertiary/aromatic N) is 1. The van der Waals surface area contributed by atoms with Crippen LogP contribution < -0.4 is 0 Å². The fraction of sp³-hybridized carbons (Fsp3) is 0. The van der Waals surface area contributed by atoms with Crippen LogP contribution in [0.2, 0.25) is 0 Å². The predicted octanol–water partition coefficient (Wildman–Crippen LogP) is 12.7. The van der Waals surface area contributed by atoms with Crippen LogP contribution in [-0.4, -0.2) is 4.57 Å². The summed E-state index contributed by atoms with van der Waals surface area (Å²) in [6, 6.07) is 64.5.